The molecule has 0 aliphatic heterocycles. The summed E-state index contributed by atoms with van der Waals surface area (Å²) >= 11 is 0. The van der Waals surface area contributed by atoms with Gasteiger partial charge in [-0.25, -0.2) is 13.2 Å². The molecule has 0 spiro atoms. The van der Waals surface area contributed by atoms with Crippen LogP contribution in [0.25, 0.3) is 0 Å². The lowest BCUT2D eigenvalue weighted by Gasteiger charge is -2.04. The fourth-order valence-corrected chi connectivity index (χ4v) is 0.937. The number of phenolic OH excluding ortho intramolecular Hbond substituents is 1. The predicted octanol–water partition coefficient (Wildman–Crippen LogP) is 0.951. The Bertz CT molecular complexity index is 366. The lowest BCUT2D eigenvalue weighted by atomic mass is 10.1. The smallest absolute Gasteiger partial charge is 0.182 e. The van der Waals surface area contributed by atoms with Crippen LogP contribution in [0.3, 0.4) is 0 Å². The molecule has 0 saturated carbocycles. The third kappa shape index (κ3) is 1.56. The molecule has 0 unspecified atom stereocenters. The van der Waals surface area contributed by atoms with Gasteiger partial charge in [0.2, 0.25) is 0 Å². The number of ketones is 1. The van der Waals surface area contributed by atoms with Gasteiger partial charge >= 0.3 is 0 Å². The van der Waals surface area contributed by atoms with Crippen LogP contribution in [-0.2, 0) is 0 Å². The van der Waals surface area contributed by atoms with Gasteiger partial charge in [0.1, 0.15) is 0 Å². The molecule has 0 amide bonds. The van der Waals surface area contributed by atoms with Gasteiger partial charge in [0, 0.05) is 6.07 Å². The Morgan fingerprint density at radius 2 is 1.93 bits per heavy atom. The second kappa shape index (κ2) is 3.67. The number of benzene rings is 1. The molecule has 0 atom stereocenters. The Morgan fingerprint density at radius 3 is 2.43 bits per heavy atom. The van der Waals surface area contributed by atoms with Gasteiger partial charge in [-0.15, -0.1) is 0 Å². The number of aromatic hydroxyl groups is 1. The Labute approximate surface area is 77.0 Å². The highest BCUT2D eigenvalue weighted by Gasteiger charge is 2.23. The Morgan fingerprint density at radius 1 is 1.36 bits per heavy atom. The molecule has 0 aromatic heterocycles. The maximum Gasteiger partial charge on any atom is 0.182 e. The van der Waals surface area contributed by atoms with Crippen LogP contribution in [0.5, 0.6) is 5.75 Å². The summed E-state index contributed by atoms with van der Waals surface area (Å²) in [6.07, 6.45) is 0. The Hall–Kier alpha value is -1.56. The molecule has 0 heterocycles. The zero-order valence-electron chi connectivity index (χ0n) is 6.85. The lowest BCUT2D eigenvalue weighted by Crippen LogP contribution is -2.17. The van der Waals surface area contributed by atoms with Crippen molar-refractivity contribution in [3.8, 4) is 5.75 Å². The fourth-order valence-electron chi connectivity index (χ4n) is 0.937. The minimum absolute atomic E-state index is 0.248. The molecular weight excluding hydrogens is 199 g/mol. The van der Waals surface area contributed by atoms with Crippen molar-refractivity contribution in [1.29, 1.82) is 0 Å². The molecule has 6 heteroatoms. The molecule has 3 N–H and O–H groups in total. The van der Waals surface area contributed by atoms with Crippen LogP contribution in [-0.4, -0.2) is 17.4 Å². The number of halogens is 3. The minimum atomic E-state index is -1.64. The highest BCUT2D eigenvalue weighted by Crippen LogP contribution is 2.24. The molecule has 1 aromatic rings. The van der Waals surface area contributed by atoms with E-state index in [0.717, 1.165) is 0 Å². The van der Waals surface area contributed by atoms with Crippen LogP contribution in [0.1, 0.15) is 10.4 Å². The molecule has 1 rings (SSSR count). The molecule has 0 fully saturated rings. The normalized spacial score (nSPS) is 10.3. The van der Waals surface area contributed by atoms with Gasteiger partial charge in [0.15, 0.2) is 29.0 Å². The average Bonchev–Trinajstić information content (AvgIpc) is 2.15. The number of carbonyl (C=O) groups excluding carboxylic acids is 1. The van der Waals surface area contributed by atoms with Crippen LogP contribution in [0, 0.1) is 17.5 Å². The zero-order chi connectivity index (χ0) is 10.9. The van der Waals surface area contributed by atoms with Crippen LogP contribution in [0.2, 0.25) is 0 Å². The van der Waals surface area contributed by atoms with E-state index < -0.39 is 41.1 Å². The summed E-state index contributed by atoms with van der Waals surface area (Å²) in [7, 11) is 0. The summed E-state index contributed by atoms with van der Waals surface area (Å²) < 4.78 is 38.4. The van der Waals surface area contributed by atoms with Crippen molar-refractivity contribution in [2.24, 2.45) is 5.73 Å². The van der Waals surface area contributed by atoms with E-state index in [4.69, 9.17) is 10.8 Å². The molecule has 1 aromatic carbocycles. The molecule has 3 nitrogen and oxygen atoms in total. The maximum atomic E-state index is 12.9. The maximum absolute atomic E-state index is 12.9. The standard InChI is InChI=1S/C8H6F3NO2/c9-3-1-4(13)8(11)6(7(3)10)5(14)2-12/h1,13H,2,12H2. The van der Waals surface area contributed by atoms with E-state index in [0.29, 0.717) is 0 Å². The minimum Gasteiger partial charge on any atom is -0.505 e. The topological polar surface area (TPSA) is 63.3 Å². The molecule has 0 saturated heterocycles. The monoisotopic (exact) mass is 205 g/mol. The average molecular weight is 205 g/mol. The molecule has 76 valence electrons. The van der Waals surface area contributed by atoms with E-state index in [1.165, 1.54) is 0 Å². The van der Waals surface area contributed by atoms with Crippen molar-refractivity contribution < 1.29 is 23.1 Å². The van der Waals surface area contributed by atoms with E-state index in [9.17, 15) is 18.0 Å². The Balaban J connectivity index is 3.47. The summed E-state index contributed by atoms with van der Waals surface area (Å²) in [5.74, 6) is -6.88. The number of nitrogens with two attached hydrogens (primary N) is 1. The number of carbonyl (C=O) groups is 1. The molecular formula is C8H6F3NO2. The summed E-state index contributed by atoms with van der Waals surface area (Å²) in [6.45, 7) is -0.670. The van der Waals surface area contributed by atoms with Crippen LogP contribution >= 0.6 is 0 Å². The molecule has 0 aliphatic rings. The fraction of sp³-hybridized carbons (Fsp3) is 0.125. The van der Waals surface area contributed by atoms with Crippen molar-refractivity contribution >= 4 is 5.78 Å². The third-order valence-corrected chi connectivity index (χ3v) is 1.60. The number of rotatable bonds is 2. The van der Waals surface area contributed by atoms with E-state index in [2.05, 4.69) is 0 Å². The van der Waals surface area contributed by atoms with Gasteiger partial charge in [0.05, 0.1) is 12.1 Å². The van der Waals surface area contributed by atoms with Crippen LogP contribution in [0.4, 0.5) is 13.2 Å². The first-order valence-corrected chi connectivity index (χ1v) is 3.58. The lowest BCUT2D eigenvalue weighted by molar-refractivity contribution is 0.0991. The van der Waals surface area contributed by atoms with Crippen LogP contribution in [0.15, 0.2) is 6.07 Å². The van der Waals surface area contributed by atoms with E-state index in [1.807, 2.05) is 0 Å². The van der Waals surface area contributed by atoms with Crippen molar-refractivity contribution in [3.05, 3.63) is 29.1 Å². The van der Waals surface area contributed by atoms with E-state index in [-0.39, 0.29) is 6.07 Å². The Kier molecular flexibility index (Phi) is 2.76. The first kappa shape index (κ1) is 10.5. The number of phenols is 1. The van der Waals surface area contributed by atoms with Gasteiger partial charge in [0.25, 0.3) is 0 Å². The van der Waals surface area contributed by atoms with Gasteiger partial charge < -0.3 is 10.8 Å². The van der Waals surface area contributed by atoms with Crippen molar-refractivity contribution in [2.45, 2.75) is 0 Å². The molecule has 14 heavy (non-hydrogen) atoms. The quantitative estimate of drug-likeness (QED) is 0.558. The summed E-state index contributed by atoms with van der Waals surface area (Å²) in [6, 6.07) is 0.248. The van der Waals surface area contributed by atoms with Gasteiger partial charge in [-0.2, -0.15) is 0 Å². The number of Topliss-reactive ketones (excluding diaryl/α,β-unsaturated/α-hetero) is 1. The van der Waals surface area contributed by atoms with E-state index in [1.54, 1.807) is 0 Å². The van der Waals surface area contributed by atoms with Crippen molar-refractivity contribution in [2.75, 3.05) is 6.54 Å². The summed E-state index contributed by atoms with van der Waals surface area (Å²) in [4.78, 5) is 10.9. The molecule has 0 bridgehead atoms. The van der Waals surface area contributed by atoms with Gasteiger partial charge in [-0.1, -0.05) is 0 Å². The second-order valence-corrected chi connectivity index (χ2v) is 2.51. The third-order valence-electron chi connectivity index (χ3n) is 1.60. The van der Waals surface area contributed by atoms with E-state index >= 15 is 0 Å². The first-order chi connectivity index (χ1) is 6.49. The van der Waals surface area contributed by atoms with Crippen molar-refractivity contribution in [1.82, 2.24) is 0 Å². The van der Waals surface area contributed by atoms with Crippen molar-refractivity contribution in [3.63, 3.8) is 0 Å². The van der Waals surface area contributed by atoms with Gasteiger partial charge in [-0.05, 0) is 0 Å². The number of hydrogen-bond acceptors (Lipinski definition) is 3. The largest absolute Gasteiger partial charge is 0.505 e. The molecule has 0 aliphatic carbocycles. The SMILES string of the molecule is NCC(=O)c1c(F)c(O)cc(F)c1F. The zero-order valence-corrected chi connectivity index (χ0v) is 6.85. The highest BCUT2D eigenvalue weighted by atomic mass is 19.2. The van der Waals surface area contributed by atoms with Gasteiger partial charge in [-0.3, -0.25) is 4.79 Å². The summed E-state index contributed by atoms with van der Waals surface area (Å²) in [5, 5.41) is 8.78. The number of hydrogen-bond donors (Lipinski definition) is 2. The van der Waals surface area contributed by atoms with Crippen LogP contribution < -0.4 is 5.73 Å². The highest BCUT2D eigenvalue weighted by molar-refractivity contribution is 5.98. The summed E-state index contributed by atoms with van der Waals surface area (Å²) in [5.41, 5.74) is 3.71. The first-order valence-electron chi connectivity index (χ1n) is 3.58. The molecule has 0 radical (unpaired) electrons. The second-order valence-electron chi connectivity index (χ2n) is 2.51. The predicted molar refractivity (Wildman–Crippen MR) is 41.4 cm³/mol.